The second-order valence-electron chi connectivity index (χ2n) is 6.21. The van der Waals surface area contributed by atoms with Crippen molar-refractivity contribution >= 4 is 0 Å². The van der Waals surface area contributed by atoms with Gasteiger partial charge in [-0.2, -0.15) is 0 Å². The third-order valence-corrected chi connectivity index (χ3v) is 4.09. The van der Waals surface area contributed by atoms with Crippen LogP contribution in [0.25, 0.3) is 0 Å². The fourth-order valence-electron chi connectivity index (χ4n) is 2.19. The predicted octanol–water partition coefficient (Wildman–Crippen LogP) is 2.96. The lowest BCUT2D eigenvalue weighted by Crippen LogP contribution is -2.45. The average Bonchev–Trinajstić information content (AvgIpc) is 2.48. The summed E-state index contributed by atoms with van der Waals surface area (Å²) in [6.07, 6.45) is 1.82. The van der Waals surface area contributed by atoms with Crippen LogP contribution in [0, 0.1) is 5.82 Å². The molecule has 0 spiro atoms. The number of nitrogens with zero attached hydrogens (tertiary/aromatic N) is 1. The number of aliphatic hydroxyl groups excluding tert-OH is 1. The number of nitrogens with one attached hydrogen (secondary N) is 1. The van der Waals surface area contributed by atoms with Crippen molar-refractivity contribution < 1.29 is 9.50 Å². The van der Waals surface area contributed by atoms with Crippen LogP contribution in [-0.4, -0.2) is 42.3 Å². The van der Waals surface area contributed by atoms with Gasteiger partial charge in [0.05, 0.1) is 6.61 Å². The molecule has 0 amide bonds. The fraction of sp³-hybridized carbons (Fsp3) is 0.647. The summed E-state index contributed by atoms with van der Waals surface area (Å²) in [5.74, 6) is -0.157. The molecule has 21 heavy (non-hydrogen) atoms. The number of hydrogen-bond donors (Lipinski definition) is 2. The molecule has 120 valence electrons. The maximum atomic E-state index is 14.0. The molecule has 0 bridgehead atoms. The van der Waals surface area contributed by atoms with E-state index in [9.17, 15) is 9.50 Å². The topological polar surface area (TPSA) is 35.5 Å². The summed E-state index contributed by atoms with van der Waals surface area (Å²) in [5, 5.41) is 12.8. The van der Waals surface area contributed by atoms with Crippen LogP contribution in [0.5, 0.6) is 0 Å². The van der Waals surface area contributed by atoms with Crippen LogP contribution in [0.1, 0.15) is 45.2 Å². The van der Waals surface area contributed by atoms with Crippen molar-refractivity contribution in [2.75, 3.05) is 26.7 Å². The molecule has 0 aromatic heterocycles. The zero-order valence-electron chi connectivity index (χ0n) is 13.7. The van der Waals surface area contributed by atoms with Gasteiger partial charge in [-0.3, -0.25) is 4.90 Å². The van der Waals surface area contributed by atoms with Crippen LogP contribution in [0.2, 0.25) is 0 Å². The highest BCUT2D eigenvalue weighted by Crippen LogP contribution is 2.22. The minimum absolute atomic E-state index is 0.00286. The van der Waals surface area contributed by atoms with Gasteiger partial charge in [-0.1, -0.05) is 25.1 Å². The fourth-order valence-corrected chi connectivity index (χ4v) is 2.19. The summed E-state index contributed by atoms with van der Waals surface area (Å²) >= 11 is 0. The molecule has 0 saturated heterocycles. The molecular formula is C17H29FN2O. The molecule has 0 aliphatic carbocycles. The van der Waals surface area contributed by atoms with Gasteiger partial charge in [0.1, 0.15) is 5.82 Å². The third kappa shape index (κ3) is 5.38. The van der Waals surface area contributed by atoms with Gasteiger partial charge in [-0.25, -0.2) is 4.39 Å². The monoisotopic (exact) mass is 296 g/mol. The van der Waals surface area contributed by atoms with Gasteiger partial charge in [-0.05, 0) is 46.3 Å². The molecule has 4 heteroatoms. The number of halogens is 1. The standard InChI is InChI=1S/C17H29FN2O/c1-5-11-19-16(14-8-6-7-9-15(14)18)10-12-20(4)17(2,3)13-21/h6-9,16,19,21H,5,10-13H2,1-4H3. The first kappa shape index (κ1) is 18.1. The SMILES string of the molecule is CCCNC(CCN(C)C(C)(C)CO)c1ccccc1F. The van der Waals surface area contributed by atoms with E-state index in [-0.39, 0.29) is 24.0 Å². The van der Waals surface area contributed by atoms with Crippen molar-refractivity contribution in [2.45, 2.75) is 45.2 Å². The van der Waals surface area contributed by atoms with Gasteiger partial charge in [0.2, 0.25) is 0 Å². The summed E-state index contributed by atoms with van der Waals surface area (Å²) < 4.78 is 14.0. The van der Waals surface area contributed by atoms with Crippen molar-refractivity contribution in [1.29, 1.82) is 0 Å². The Morgan fingerprint density at radius 3 is 2.57 bits per heavy atom. The molecule has 0 radical (unpaired) electrons. The van der Waals surface area contributed by atoms with E-state index in [1.54, 1.807) is 6.07 Å². The van der Waals surface area contributed by atoms with Crippen molar-refractivity contribution in [3.05, 3.63) is 35.6 Å². The van der Waals surface area contributed by atoms with E-state index >= 15 is 0 Å². The molecule has 0 aliphatic heterocycles. The average molecular weight is 296 g/mol. The van der Waals surface area contributed by atoms with Crippen molar-refractivity contribution in [1.82, 2.24) is 10.2 Å². The minimum atomic E-state index is -0.259. The quantitative estimate of drug-likeness (QED) is 0.735. The Kier molecular flexibility index (Phi) is 7.29. The van der Waals surface area contributed by atoms with E-state index in [0.29, 0.717) is 0 Å². The van der Waals surface area contributed by atoms with Crippen LogP contribution < -0.4 is 5.32 Å². The third-order valence-electron chi connectivity index (χ3n) is 4.09. The maximum absolute atomic E-state index is 14.0. The molecule has 0 fully saturated rings. The Hall–Kier alpha value is -0.970. The molecular weight excluding hydrogens is 267 g/mol. The summed E-state index contributed by atoms with van der Waals surface area (Å²) in [6, 6.07) is 6.96. The zero-order valence-corrected chi connectivity index (χ0v) is 13.7. The lowest BCUT2D eigenvalue weighted by atomic mass is 10.00. The van der Waals surface area contributed by atoms with Crippen molar-refractivity contribution in [3.8, 4) is 0 Å². The number of benzene rings is 1. The smallest absolute Gasteiger partial charge is 0.127 e. The second-order valence-corrected chi connectivity index (χ2v) is 6.21. The molecule has 1 unspecified atom stereocenters. The highest BCUT2D eigenvalue weighted by molar-refractivity contribution is 5.21. The molecule has 1 rings (SSSR count). The summed E-state index contributed by atoms with van der Waals surface area (Å²) in [5.41, 5.74) is 0.464. The molecule has 0 saturated carbocycles. The van der Waals surface area contributed by atoms with E-state index in [1.165, 1.54) is 6.07 Å². The van der Waals surface area contributed by atoms with Crippen LogP contribution >= 0.6 is 0 Å². The van der Waals surface area contributed by atoms with Crippen molar-refractivity contribution in [3.63, 3.8) is 0 Å². The Balaban J connectivity index is 2.74. The molecule has 0 aliphatic rings. The van der Waals surface area contributed by atoms with Gasteiger partial charge in [0.25, 0.3) is 0 Å². The summed E-state index contributed by atoms with van der Waals surface area (Å²) in [4.78, 5) is 2.12. The lowest BCUT2D eigenvalue weighted by Gasteiger charge is -2.35. The molecule has 1 aromatic rings. The first-order valence-corrected chi connectivity index (χ1v) is 7.72. The van der Waals surface area contributed by atoms with Gasteiger partial charge < -0.3 is 10.4 Å². The summed E-state index contributed by atoms with van der Waals surface area (Å²) in [7, 11) is 1.99. The predicted molar refractivity (Wildman–Crippen MR) is 85.8 cm³/mol. The Morgan fingerprint density at radius 2 is 2.00 bits per heavy atom. The van der Waals surface area contributed by atoms with Gasteiger partial charge in [0.15, 0.2) is 0 Å². The normalized spacial score (nSPS) is 13.7. The van der Waals surface area contributed by atoms with E-state index in [0.717, 1.165) is 31.5 Å². The number of aliphatic hydroxyl groups is 1. The molecule has 1 atom stereocenters. The van der Waals surface area contributed by atoms with E-state index in [2.05, 4.69) is 17.1 Å². The molecule has 3 nitrogen and oxygen atoms in total. The van der Waals surface area contributed by atoms with E-state index < -0.39 is 0 Å². The molecule has 0 heterocycles. The zero-order chi connectivity index (χ0) is 15.9. The first-order valence-electron chi connectivity index (χ1n) is 7.72. The maximum Gasteiger partial charge on any atom is 0.127 e. The van der Waals surface area contributed by atoms with Crippen LogP contribution in [0.3, 0.4) is 0 Å². The van der Waals surface area contributed by atoms with Gasteiger partial charge in [-0.15, -0.1) is 0 Å². The van der Waals surface area contributed by atoms with Crippen LogP contribution in [0.4, 0.5) is 4.39 Å². The number of likely N-dealkylation sites (N-methyl/N-ethyl adjacent to an activating group) is 1. The Labute approximate surface area is 128 Å². The first-order chi connectivity index (χ1) is 9.92. The van der Waals surface area contributed by atoms with Crippen LogP contribution in [-0.2, 0) is 0 Å². The van der Waals surface area contributed by atoms with E-state index in [1.807, 2.05) is 33.0 Å². The van der Waals surface area contributed by atoms with Crippen molar-refractivity contribution in [2.24, 2.45) is 0 Å². The highest BCUT2D eigenvalue weighted by Gasteiger charge is 2.23. The van der Waals surface area contributed by atoms with Gasteiger partial charge in [0, 0.05) is 23.7 Å². The highest BCUT2D eigenvalue weighted by atomic mass is 19.1. The molecule has 1 aromatic carbocycles. The number of hydrogen-bond acceptors (Lipinski definition) is 3. The summed E-state index contributed by atoms with van der Waals surface area (Å²) in [6.45, 7) is 7.88. The Bertz CT molecular complexity index is 423. The minimum Gasteiger partial charge on any atom is -0.394 e. The largest absolute Gasteiger partial charge is 0.394 e. The lowest BCUT2D eigenvalue weighted by molar-refractivity contribution is 0.0757. The van der Waals surface area contributed by atoms with Crippen LogP contribution in [0.15, 0.2) is 24.3 Å². The van der Waals surface area contributed by atoms with Gasteiger partial charge >= 0.3 is 0 Å². The number of rotatable bonds is 9. The van der Waals surface area contributed by atoms with E-state index in [4.69, 9.17) is 0 Å². The molecule has 2 N–H and O–H groups in total. The Morgan fingerprint density at radius 1 is 1.33 bits per heavy atom. The second kappa shape index (κ2) is 8.47.